The van der Waals surface area contributed by atoms with Crippen molar-refractivity contribution in [1.29, 1.82) is 0 Å². The van der Waals surface area contributed by atoms with Gasteiger partial charge in [0.15, 0.2) is 0 Å². The summed E-state index contributed by atoms with van der Waals surface area (Å²) >= 11 is 0. The predicted octanol–water partition coefficient (Wildman–Crippen LogP) is 2.51. The van der Waals surface area contributed by atoms with Crippen molar-refractivity contribution in [2.24, 2.45) is 0 Å². The van der Waals surface area contributed by atoms with Crippen LogP contribution in [0.5, 0.6) is 0 Å². The van der Waals surface area contributed by atoms with Gasteiger partial charge in [-0.15, -0.1) is 24.8 Å². The van der Waals surface area contributed by atoms with Crippen LogP contribution in [0.25, 0.3) is 0 Å². The van der Waals surface area contributed by atoms with Gasteiger partial charge in [-0.05, 0) is 25.2 Å². The summed E-state index contributed by atoms with van der Waals surface area (Å²) in [6, 6.07) is 5.59. The molecule has 0 saturated carbocycles. The summed E-state index contributed by atoms with van der Waals surface area (Å²) in [7, 11) is 0. The number of nitro groups is 1. The number of amides is 1. The molecule has 1 rings (SSSR count). The smallest absolute Gasteiger partial charge is 0.269 e. The van der Waals surface area contributed by atoms with Gasteiger partial charge in [-0.1, -0.05) is 13.8 Å². The van der Waals surface area contributed by atoms with Crippen molar-refractivity contribution < 1.29 is 9.72 Å². The zero-order valence-electron chi connectivity index (χ0n) is 12.1. The van der Waals surface area contributed by atoms with Gasteiger partial charge in [-0.2, -0.15) is 0 Å². The molecule has 0 aliphatic carbocycles. The second-order valence-electron chi connectivity index (χ2n) is 4.09. The highest BCUT2D eigenvalue weighted by Gasteiger charge is 2.09. The molecule has 1 N–H and O–H groups in total. The molecule has 0 aliphatic rings. The molecule has 1 amide bonds. The molecule has 0 heterocycles. The second kappa shape index (κ2) is 11.3. The summed E-state index contributed by atoms with van der Waals surface area (Å²) in [6.07, 6.45) is 0. The number of benzene rings is 1. The lowest BCUT2D eigenvalue weighted by Gasteiger charge is -2.17. The van der Waals surface area contributed by atoms with E-state index in [1.807, 2.05) is 0 Å². The molecule has 0 unspecified atom stereocenters. The van der Waals surface area contributed by atoms with E-state index in [1.54, 1.807) is 0 Å². The van der Waals surface area contributed by atoms with E-state index < -0.39 is 4.92 Å². The van der Waals surface area contributed by atoms with Gasteiger partial charge in [-0.25, -0.2) is 0 Å². The Morgan fingerprint density at radius 3 is 2.14 bits per heavy atom. The minimum atomic E-state index is -0.484. The summed E-state index contributed by atoms with van der Waals surface area (Å²) in [5.74, 6) is -0.206. The Labute approximate surface area is 136 Å². The maximum Gasteiger partial charge on any atom is 0.269 e. The number of non-ortho nitro benzene ring substituents is 1. The maximum atomic E-state index is 11.8. The van der Waals surface area contributed by atoms with E-state index in [2.05, 4.69) is 24.1 Å². The molecule has 6 nitrogen and oxygen atoms in total. The van der Waals surface area contributed by atoms with Crippen molar-refractivity contribution in [3.05, 3.63) is 39.9 Å². The first-order valence-corrected chi connectivity index (χ1v) is 6.33. The first-order valence-electron chi connectivity index (χ1n) is 6.33. The van der Waals surface area contributed by atoms with E-state index in [0.717, 1.165) is 19.6 Å². The second-order valence-corrected chi connectivity index (χ2v) is 4.09. The van der Waals surface area contributed by atoms with Crippen molar-refractivity contribution in [2.45, 2.75) is 13.8 Å². The lowest BCUT2D eigenvalue weighted by Crippen LogP contribution is -2.34. The van der Waals surface area contributed by atoms with Gasteiger partial charge in [0.25, 0.3) is 11.6 Å². The van der Waals surface area contributed by atoms with Gasteiger partial charge in [-0.3, -0.25) is 14.9 Å². The third kappa shape index (κ3) is 7.27. The highest BCUT2D eigenvalue weighted by Crippen LogP contribution is 2.11. The number of likely N-dealkylation sites (N-methyl/N-ethyl adjacent to an activating group) is 1. The summed E-state index contributed by atoms with van der Waals surface area (Å²) in [4.78, 5) is 24.0. The normalized spacial score (nSPS) is 9.48. The van der Waals surface area contributed by atoms with Crippen LogP contribution >= 0.6 is 24.8 Å². The highest BCUT2D eigenvalue weighted by molar-refractivity contribution is 5.94. The number of nitrogens with one attached hydrogen (secondary N) is 1. The molecule has 0 atom stereocenters. The fourth-order valence-electron chi connectivity index (χ4n) is 1.70. The Morgan fingerprint density at radius 1 is 1.19 bits per heavy atom. The van der Waals surface area contributed by atoms with Crippen molar-refractivity contribution in [2.75, 3.05) is 26.2 Å². The molecular weight excluding hydrogens is 317 g/mol. The summed E-state index contributed by atoms with van der Waals surface area (Å²) in [5, 5.41) is 13.3. The van der Waals surface area contributed by atoms with Crippen LogP contribution in [-0.2, 0) is 0 Å². The van der Waals surface area contributed by atoms with Gasteiger partial charge >= 0.3 is 0 Å². The molecule has 0 aromatic heterocycles. The number of halogens is 2. The number of carbonyl (C=O) groups excluding carboxylic acids is 1. The monoisotopic (exact) mass is 337 g/mol. The minimum absolute atomic E-state index is 0. The van der Waals surface area contributed by atoms with Gasteiger partial charge in [0.2, 0.25) is 0 Å². The van der Waals surface area contributed by atoms with E-state index in [1.165, 1.54) is 24.3 Å². The van der Waals surface area contributed by atoms with Crippen LogP contribution in [0.2, 0.25) is 0 Å². The van der Waals surface area contributed by atoms with Crippen molar-refractivity contribution in [3.8, 4) is 0 Å². The average molecular weight is 338 g/mol. The quantitative estimate of drug-likeness (QED) is 0.612. The summed E-state index contributed by atoms with van der Waals surface area (Å²) in [5.41, 5.74) is 0.421. The molecule has 0 saturated heterocycles. The Balaban J connectivity index is 0. The third-order valence-corrected chi connectivity index (χ3v) is 2.95. The van der Waals surface area contributed by atoms with E-state index in [0.29, 0.717) is 12.1 Å². The van der Waals surface area contributed by atoms with Crippen LogP contribution < -0.4 is 5.32 Å². The van der Waals surface area contributed by atoms with Crippen molar-refractivity contribution >= 4 is 36.4 Å². The molecule has 0 radical (unpaired) electrons. The molecule has 8 heteroatoms. The van der Waals surface area contributed by atoms with Crippen LogP contribution in [-0.4, -0.2) is 41.9 Å². The van der Waals surface area contributed by atoms with E-state index >= 15 is 0 Å². The van der Waals surface area contributed by atoms with E-state index in [4.69, 9.17) is 0 Å². The largest absolute Gasteiger partial charge is 0.351 e. The lowest BCUT2D eigenvalue weighted by atomic mass is 10.2. The average Bonchev–Trinajstić information content (AvgIpc) is 2.43. The molecule has 1 aromatic rings. The zero-order valence-corrected chi connectivity index (χ0v) is 13.7. The van der Waals surface area contributed by atoms with Crippen LogP contribution in [0.3, 0.4) is 0 Å². The molecular formula is C13H21Cl2N3O3. The number of hydrogen-bond donors (Lipinski definition) is 1. The predicted molar refractivity (Wildman–Crippen MR) is 87.7 cm³/mol. The Kier molecular flexibility index (Phi) is 11.8. The fourth-order valence-corrected chi connectivity index (χ4v) is 1.70. The lowest BCUT2D eigenvalue weighted by molar-refractivity contribution is -0.384. The topological polar surface area (TPSA) is 75.5 Å². The standard InChI is InChI=1S/C13H19N3O3.2ClH/c1-3-15(4-2)10-9-14-13(17)11-5-7-12(8-6-11)16(18)19;;/h5-8H,3-4,9-10H2,1-2H3,(H,14,17);2*1H. The number of nitrogens with zero attached hydrogens (tertiary/aromatic N) is 2. The molecule has 120 valence electrons. The maximum absolute atomic E-state index is 11.8. The van der Waals surface area contributed by atoms with Gasteiger partial charge in [0.1, 0.15) is 0 Å². The van der Waals surface area contributed by atoms with Gasteiger partial charge in [0, 0.05) is 30.8 Å². The van der Waals surface area contributed by atoms with Crippen molar-refractivity contribution in [1.82, 2.24) is 10.2 Å². The Bertz CT molecular complexity index is 437. The van der Waals surface area contributed by atoms with E-state index in [9.17, 15) is 14.9 Å². The van der Waals surface area contributed by atoms with E-state index in [-0.39, 0.29) is 36.4 Å². The van der Waals surface area contributed by atoms with Crippen LogP contribution in [0.4, 0.5) is 5.69 Å². The molecule has 0 fully saturated rings. The third-order valence-electron chi connectivity index (χ3n) is 2.95. The molecule has 0 aliphatic heterocycles. The van der Waals surface area contributed by atoms with Gasteiger partial charge < -0.3 is 10.2 Å². The fraction of sp³-hybridized carbons (Fsp3) is 0.462. The Hall–Kier alpha value is -1.37. The van der Waals surface area contributed by atoms with Crippen LogP contribution in [0, 0.1) is 10.1 Å². The SMILES string of the molecule is CCN(CC)CCNC(=O)c1ccc([N+](=O)[O-])cc1.Cl.Cl. The molecule has 1 aromatic carbocycles. The molecule has 0 bridgehead atoms. The number of nitro benzene ring substituents is 1. The molecule has 0 spiro atoms. The zero-order chi connectivity index (χ0) is 14.3. The van der Waals surface area contributed by atoms with Crippen LogP contribution in [0.1, 0.15) is 24.2 Å². The van der Waals surface area contributed by atoms with Crippen LogP contribution in [0.15, 0.2) is 24.3 Å². The first kappa shape index (κ1) is 21.9. The summed E-state index contributed by atoms with van der Waals surface area (Å²) in [6.45, 7) is 7.40. The number of carbonyl (C=O) groups is 1. The Morgan fingerprint density at radius 2 is 1.71 bits per heavy atom. The van der Waals surface area contributed by atoms with Crippen molar-refractivity contribution in [3.63, 3.8) is 0 Å². The summed E-state index contributed by atoms with van der Waals surface area (Å²) < 4.78 is 0. The minimum Gasteiger partial charge on any atom is -0.351 e. The number of hydrogen-bond acceptors (Lipinski definition) is 4. The molecule has 21 heavy (non-hydrogen) atoms. The number of rotatable bonds is 7. The highest BCUT2D eigenvalue weighted by atomic mass is 35.5. The first-order chi connectivity index (χ1) is 9.08. The van der Waals surface area contributed by atoms with Gasteiger partial charge in [0.05, 0.1) is 4.92 Å².